The molecule has 1 aromatic heterocycles. The fraction of sp³-hybridized carbons (Fsp3) is 0.360. The summed E-state index contributed by atoms with van der Waals surface area (Å²) >= 11 is 0. The van der Waals surface area contributed by atoms with Crippen LogP contribution in [0.1, 0.15) is 47.8 Å². The minimum atomic E-state index is -0.996. The Bertz CT molecular complexity index is 1100. The number of piperidine rings is 1. The van der Waals surface area contributed by atoms with Gasteiger partial charge in [0.15, 0.2) is 0 Å². The zero-order valence-corrected chi connectivity index (χ0v) is 17.9. The van der Waals surface area contributed by atoms with Crippen molar-refractivity contribution in [2.75, 3.05) is 13.1 Å². The van der Waals surface area contributed by atoms with Gasteiger partial charge in [0.25, 0.3) is 0 Å². The fourth-order valence-electron chi connectivity index (χ4n) is 4.99. The molecule has 3 aromatic rings. The number of carbonyl (C=O) groups is 2. The van der Waals surface area contributed by atoms with Crippen LogP contribution in [0.15, 0.2) is 54.7 Å². The topological polar surface area (TPSA) is 82.8 Å². The van der Waals surface area contributed by atoms with Gasteiger partial charge in [0.1, 0.15) is 6.04 Å². The number of carboxylic acids is 2. The molecule has 3 atom stereocenters. The Labute approximate surface area is 181 Å². The number of rotatable bonds is 6. The standard InChI is InChI=1S/C25H28N2O4/c1-16-10-17(2)13-27(12-16)23(25(30)31)21-15-26(14-18-6-4-3-5-7-18)22-11-19(24(28)29)8-9-20(21)22/h3-9,11,15-17,23H,10,12-14H2,1-2H3,(H,28,29)(H,30,31)/t16-,17+,23-/m0/s1. The number of likely N-dealkylation sites (tertiary alicyclic amines) is 1. The van der Waals surface area contributed by atoms with E-state index in [1.165, 1.54) is 0 Å². The number of hydrogen-bond acceptors (Lipinski definition) is 3. The normalized spacial score (nSPS) is 20.6. The summed E-state index contributed by atoms with van der Waals surface area (Å²) in [7, 11) is 0. The van der Waals surface area contributed by atoms with Crippen molar-refractivity contribution in [1.82, 2.24) is 9.47 Å². The molecule has 2 aromatic carbocycles. The molecule has 6 heteroatoms. The van der Waals surface area contributed by atoms with Gasteiger partial charge >= 0.3 is 11.9 Å². The minimum absolute atomic E-state index is 0.193. The van der Waals surface area contributed by atoms with Crippen molar-refractivity contribution in [1.29, 1.82) is 0 Å². The van der Waals surface area contributed by atoms with Crippen molar-refractivity contribution < 1.29 is 19.8 Å². The number of aromatic carboxylic acids is 1. The predicted octanol–water partition coefficient (Wildman–Crippen LogP) is 4.49. The highest BCUT2D eigenvalue weighted by atomic mass is 16.4. The first-order chi connectivity index (χ1) is 14.8. The smallest absolute Gasteiger partial charge is 0.335 e. The Morgan fingerprint density at radius 1 is 1.03 bits per heavy atom. The second-order valence-electron chi connectivity index (χ2n) is 8.88. The van der Waals surface area contributed by atoms with E-state index in [1.54, 1.807) is 18.2 Å². The molecule has 0 spiro atoms. The second-order valence-corrected chi connectivity index (χ2v) is 8.88. The van der Waals surface area contributed by atoms with Crippen LogP contribution in [0.2, 0.25) is 0 Å². The molecule has 1 fully saturated rings. The lowest BCUT2D eigenvalue weighted by Crippen LogP contribution is -2.43. The number of nitrogens with zero attached hydrogens (tertiary/aromatic N) is 2. The lowest BCUT2D eigenvalue weighted by molar-refractivity contribution is -0.144. The average Bonchev–Trinajstić information content (AvgIpc) is 3.05. The van der Waals surface area contributed by atoms with Crippen LogP contribution >= 0.6 is 0 Å². The van der Waals surface area contributed by atoms with Gasteiger partial charge in [-0.3, -0.25) is 9.69 Å². The van der Waals surface area contributed by atoms with E-state index in [0.717, 1.165) is 41.5 Å². The third-order valence-corrected chi connectivity index (χ3v) is 6.15. The van der Waals surface area contributed by atoms with Gasteiger partial charge < -0.3 is 14.8 Å². The fourth-order valence-corrected chi connectivity index (χ4v) is 4.99. The molecule has 1 saturated heterocycles. The zero-order chi connectivity index (χ0) is 22.1. The lowest BCUT2D eigenvalue weighted by Gasteiger charge is -2.38. The molecular formula is C25H28N2O4. The van der Waals surface area contributed by atoms with Crippen molar-refractivity contribution in [3.63, 3.8) is 0 Å². The minimum Gasteiger partial charge on any atom is -0.480 e. The van der Waals surface area contributed by atoms with Crippen molar-refractivity contribution >= 4 is 22.8 Å². The number of hydrogen-bond donors (Lipinski definition) is 2. The van der Waals surface area contributed by atoms with Crippen LogP contribution in [0.25, 0.3) is 10.9 Å². The number of aromatic nitrogens is 1. The molecule has 31 heavy (non-hydrogen) atoms. The van der Waals surface area contributed by atoms with Gasteiger partial charge in [-0.1, -0.05) is 50.2 Å². The molecule has 0 saturated carbocycles. The molecule has 162 valence electrons. The van der Waals surface area contributed by atoms with Crippen molar-refractivity contribution in [3.05, 3.63) is 71.4 Å². The van der Waals surface area contributed by atoms with Crippen LogP contribution in [0.5, 0.6) is 0 Å². The van der Waals surface area contributed by atoms with Crippen LogP contribution in [-0.4, -0.2) is 44.7 Å². The molecule has 4 rings (SSSR count). The Morgan fingerprint density at radius 2 is 1.71 bits per heavy atom. The number of fused-ring (bicyclic) bond motifs is 1. The lowest BCUT2D eigenvalue weighted by atomic mass is 9.89. The first-order valence-corrected chi connectivity index (χ1v) is 10.7. The van der Waals surface area contributed by atoms with E-state index in [4.69, 9.17) is 0 Å². The summed E-state index contributed by atoms with van der Waals surface area (Å²) < 4.78 is 1.97. The largest absolute Gasteiger partial charge is 0.480 e. The Kier molecular flexibility index (Phi) is 5.83. The molecule has 0 unspecified atom stereocenters. The molecule has 0 aliphatic carbocycles. The van der Waals surface area contributed by atoms with Crippen molar-refractivity contribution in [2.45, 2.75) is 32.9 Å². The molecular weight excluding hydrogens is 392 g/mol. The van der Waals surface area contributed by atoms with Gasteiger partial charge in [-0.2, -0.15) is 0 Å². The van der Waals surface area contributed by atoms with E-state index in [0.29, 0.717) is 18.4 Å². The summed E-state index contributed by atoms with van der Waals surface area (Å²) in [5.41, 5.74) is 2.72. The van der Waals surface area contributed by atoms with E-state index in [9.17, 15) is 19.8 Å². The van der Waals surface area contributed by atoms with Crippen molar-refractivity contribution in [2.24, 2.45) is 11.8 Å². The molecule has 1 aliphatic heterocycles. The Hall–Kier alpha value is -3.12. The van der Waals surface area contributed by atoms with E-state index < -0.39 is 18.0 Å². The van der Waals surface area contributed by atoms with Gasteiger partial charge in [0, 0.05) is 42.3 Å². The van der Waals surface area contributed by atoms with E-state index >= 15 is 0 Å². The molecule has 0 radical (unpaired) electrons. The number of benzene rings is 2. The summed E-state index contributed by atoms with van der Waals surface area (Å²) in [5, 5.41) is 20.5. The molecule has 1 aliphatic rings. The summed E-state index contributed by atoms with van der Waals surface area (Å²) in [6, 6.07) is 14.1. The highest BCUT2D eigenvalue weighted by Crippen LogP contribution is 2.35. The van der Waals surface area contributed by atoms with E-state index in [2.05, 4.69) is 18.7 Å². The Balaban J connectivity index is 1.84. The third-order valence-electron chi connectivity index (χ3n) is 6.15. The third kappa shape index (κ3) is 4.35. The number of carboxylic acid groups (broad SMARTS) is 2. The van der Waals surface area contributed by atoms with E-state index in [-0.39, 0.29) is 5.56 Å². The van der Waals surface area contributed by atoms with Gasteiger partial charge in [-0.05, 0) is 36.0 Å². The van der Waals surface area contributed by atoms with Gasteiger partial charge in [-0.15, -0.1) is 0 Å². The van der Waals surface area contributed by atoms with Gasteiger partial charge in [0.05, 0.1) is 5.56 Å². The molecule has 0 bridgehead atoms. The number of aliphatic carboxylic acids is 1. The van der Waals surface area contributed by atoms with Gasteiger partial charge in [0.2, 0.25) is 0 Å². The monoisotopic (exact) mass is 420 g/mol. The maximum absolute atomic E-state index is 12.5. The first kappa shape index (κ1) is 21.1. The van der Waals surface area contributed by atoms with Crippen LogP contribution in [-0.2, 0) is 11.3 Å². The molecule has 0 amide bonds. The summed E-state index contributed by atoms with van der Waals surface area (Å²) in [6.07, 6.45) is 2.99. The van der Waals surface area contributed by atoms with Gasteiger partial charge in [-0.25, -0.2) is 4.79 Å². The molecule has 6 nitrogen and oxygen atoms in total. The quantitative estimate of drug-likeness (QED) is 0.614. The summed E-state index contributed by atoms with van der Waals surface area (Å²) in [4.78, 5) is 26.1. The van der Waals surface area contributed by atoms with Crippen LogP contribution in [0.3, 0.4) is 0 Å². The predicted molar refractivity (Wildman–Crippen MR) is 119 cm³/mol. The maximum Gasteiger partial charge on any atom is 0.335 e. The summed E-state index contributed by atoms with van der Waals surface area (Å²) in [6.45, 7) is 6.35. The maximum atomic E-state index is 12.5. The average molecular weight is 421 g/mol. The molecule has 2 N–H and O–H groups in total. The highest BCUT2D eigenvalue weighted by Gasteiger charge is 2.34. The van der Waals surface area contributed by atoms with Crippen LogP contribution < -0.4 is 0 Å². The van der Waals surface area contributed by atoms with Crippen LogP contribution in [0.4, 0.5) is 0 Å². The molecule has 2 heterocycles. The zero-order valence-electron chi connectivity index (χ0n) is 17.9. The Morgan fingerprint density at radius 3 is 2.32 bits per heavy atom. The first-order valence-electron chi connectivity index (χ1n) is 10.7. The highest BCUT2D eigenvalue weighted by molar-refractivity contribution is 5.96. The second kappa shape index (κ2) is 8.55. The van der Waals surface area contributed by atoms with Crippen LogP contribution in [0, 0.1) is 11.8 Å². The SMILES string of the molecule is C[C@@H]1C[C@H](C)CN([C@H](C(=O)O)c2cn(Cc3ccccc3)c3cc(C(=O)O)ccc23)C1. The van der Waals surface area contributed by atoms with E-state index in [1.807, 2.05) is 41.1 Å². The summed E-state index contributed by atoms with van der Waals surface area (Å²) in [5.74, 6) is -1.00. The van der Waals surface area contributed by atoms with Crippen molar-refractivity contribution in [3.8, 4) is 0 Å².